The fourth-order valence-corrected chi connectivity index (χ4v) is 3.22. The van der Waals surface area contributed by atoms with Crippen molar-refractivity contribution in [3.63, 3.8) is 0 Å². The Balaban J connectivity index is 1.45. The van der Waals surface area contributed by atoms with Crippen LogP contribution in [0.3, 0.4) is 0 Å². The number of imidazole rings is 1. The fourth-order valence-electron chi connectivity index (χ4n) is 3.22. The first-order valence-electron chi connectivity index (χ1n) is 9.47. The van der Waals surface area contributed by atoms with Gasteiger partial charge < -0.3 is 25.0 Å². The zero-order chi connectivity index (χ0) is 20.4. The third-order valence-electron chi connectivity index (χ3n) is 4.85. The lowest BCUT2D eigenvalue weighted by atomic mass is 10.1. The Morgan fingerprint density at radius 1 is 1.14 bits per heavy atom. The number of nitrogens with zero attached hydrogens (tertiary/aromatic N) is 2. The molecule has 0 aliphatic carbocycles. The summed E-state index contributed by atoms with van der Waals surface area (Å²) < 4.78 is 5.27. The standard InChI is InChI=1S/C21H22N4O4/c1-13(26)19-23-17-7-6-16(12-18(17)24-19)22-20(27)14-2-4-15(5-3-14)21(28)25-8-10-29-11-9-25/h2-7,12-13,26H,8-11H2,1H3,(H,22,27)(H,23,24). The number of H-pyrrole nitrogens is 1. The molecule has 150 valence electrons. The molecule has 1 atom stereocenters. The van der Waals surface area contributed by atoms with Crippen molar-refractivity contribution in [2.24, 2.45) is 0 Å². The van der Waals surface area contributed by atoms with Crippen LogP contribution in [0, 0.1) is 0 Å². The number of aliphatic hydroxyl groups is 1. The predicted molar refractivity (Wildman–Crippen MR) is 108 cm³/mol. The molecule has 0 radical (unpaired) electrons. The molecule has 1 aromatic heterocycles. The Labute approximate surface area is 167 Å². The van der Waals surface area contributed by atoms with Crippen LogP contribution in [0.25, 0.3) is 11.0 Å². The van der Waals surface area contributed by atoms with Gasteiger partial charge in [-0.15, -0.1) is 0 Å². The van der Waals surface area contributed by atoms with Crippen LogP contribution in [-0.4, -0.2) is 58.1 Å². The number of carbonyl (C=O) groups is 2. The van der Waals surface area contributed by atoms with Crippen LogP contribution in [0.2, 0.25) is 0 Å². The summed E-state index contributed by atoms with van der Waals surface area (Å²) in [7, 11) is 0. The van der Waals surface area contributed by atoms with E-state index in [-0.39, 0.29) is 11.8 Å². The second-order valence-electron chi connectivity index (χ2n) is 6.97. The number of hydrogen-bond donors (Lipinski definition) is 3. The van der Waals surface area contributed by atoms with Crippen molar-refractivity contribution in [2.45, 2.75) is 13.0 Å². The lowest BCUT2D eigenvalue weighted by Gasteiger charge is -2.26. The third-order valence-corrected chi connectivity index (χ3v) is 4.85. The van der Waals surface area contributed by atoms with Crippen molar-refractivity contribution in [1.29, 1.82) is 0 Å². The molecule has 1 unspecified atom stereocenters. The van der Waals surface area contributed by atoms with E-state index in [1.54, 1.807) is 54.3 Å². The molecule has 3 aromatic rings. The molecule has 2 heterocycles. The highest BCUT2D eigenvalue weighted by atomic mass is 16.5. The number of nitrogens with one attached hydrogen (secondary N) is 2. The third kappa shape index (κ3) is 4.13. The van der Waals surface area contributed by atoms with Crippen LogP contribution in [0.1, 0.15) is 39.6 Å². The van der Waals surface area contributed by atoms with Gasteiger partial charge in [0.05, 0.1) is 24.2 Å². The lowest BCUT2D eigenvalue weighted by molar-refractivity contribution is 0.0303. The second kappa shape index (κ2) is 8.02. The minimum absolute atomic E-state index is 0.0566. The summed E-state index contributed by atoms with van der Waals surface area (Å²) in [5, 5.41) is 12.5. The van der Waals surface area contributed by atoms with E-state index in [0.717, 1.165) is 5.52 Å². The van der Waals surface area contributed by atoms with Gasteiger partial charge >= 0.3 is 0 Å². The van der Waals surface area contributed by atoms with Crippen molar-refractivity contribution in [3.8, 4) is 0 Å². The zero-order valence-corrected chi connectivity index (χ0v) is 16.0. The number of ether oxygens (including phenoxy) is 1. The van der Waals surface area contributed by atoms with E-state index in [4.69, 9.17) is 4.74 Å². The van der Waals surface area contributed by atoms with E-state index >= 15 is 0 Å². The maximum Gasteiger partial charge on any atom is 0.255 e. The number of fused-ring (bicyclic) bond motifs is 1. The summed E-state index contributed by atoms with van der Waals surface area (Å²) in [6.07, 6.45) is -0.695. The van der Waals surface area contributed by atoms with Crippen LogP contribution >= 0.6 is 0 Å². The lowest BCUT2D eigenvalue weighted by Crippen LogP contribution is -2.40. The Kier molecular flexibility index (Phi) is 5.28. The van der Waals surface area contributed by atoms with E-state index in [2.05, 4.69) is 15.3 Å². The number of amides is 2. The van der Waals surface area contributed by atoms with E-state index in [1.807, 2.05) is 0 Å². The minimum Gasteiger partial charge on any atom is -0.385 e. The highest BCUT2D eigenvalue weighted by Gasteiger charge is 2.19. The van der Waals surface area contributed by atoms with Gasteiger partial charge in [-0.2, -0.15) is 0 Å². The van der Waals surface area contributed by atoms with Gasteiger partial charge in [-0.25, -0.2) is 4.98 Å². The Morgan fingerprint density at radius 3 is 2.52 bits per heavy atom. The summed E-state index contributed by atoms with van der Waals surface area (Å²) in [6.45, 7) is 3.88. The van der Waals surface area contributed by atoms with Crippen LogP contribution in [0.5, 0.6) is 0 Å². The van der Waals surface area contributed by atoms with Crippen LogP contribution < -0.4 is 5.32 Å². The van der Waals surface area contributed by atoms with E-state index in [0.29, 0.717) is 54.5 Å². The average molecular weight is 394 g/mol. The predicted octanol–water partition coefficient (Wildman–Crippen LogP) is 2.34. The molecule has 0 saturated carbocycles. The zero-order valence-electron chi connectivity index (χ0n) is 16.0. The molecule has 1 fully saturated rings. The highest BCUT2D eigenvalue weighted by Crippen LogP contribution is 2.20. The van der Waals surface area contributed by atoms with Crippen LogP contribution in [0.15, 0.2) is 42.5 Å². The van der Waals surface area contributed by atoms with Crippen molar-refractivity contribution < 1.29 is 19.4 Å². The van der Waals surface area contributed by atoms with Gasteiger partial charge in [0.25, 0.3) is 11.8 Å². The van der Waals surface area contributed by atoms with E-state index in [9.17, 15) is 14.7 Å². The molecule has 3 N–H and O–H groups in total. The normalized spacial score (nSPS) is 15.3. The number of hydrogen-bond acceptors (Lipinski definition) is 5. The number of rotatable bonds is 4. The molecular formula is C21H22N4O4. The van der Waals surface area contributed by atoms with E-state index in [1.165, 1.54) is 0 Å². The van der Waals surface area contributed by atoms with Gasteiger partial charge in [-0.3, -0.25) is 9.59 Å². The highest BCUT2D eigenvalue weighted by molar-refractivity contribution is 6.05. The Bertz CT molecular complexity index is 1040. The van der Waals surface area contributed by atoms with Crippen LogP contribution in [0.4, 0.5) is 5.69 Å². The molecule has 0 bridgehead atoms. The molecule has 1 aliphatic heterocycles. The molecule has 1 aliphatic rings. The molecule has 4 rings (SSSR count). The molecule has 2 amide bonds. The monoisotopic (exact) mass is 394 g/mol. The van der Waals surface area contributed by atoms with Crippen molar-refractivity contribution in [3.05, 3.63) is 59.4 Å². The van der Waals surface area contributed by atoms with Gasteiger partial charge in [-0.1, -0.05) is 0 Å². The van der Waals surface area contributed by atoms with Gasteiger partial charge in [-0.05, 0) is 49.4 Å². The summed E-state index contributed by atoms with van der Waals surface area (Å²) >= 11 is 0. The number of morpholine rings is 1. The van der Waals surface area contributed by atoms with Crippen molar-refractivity contribution in [1.82, 2.24) is 14.9 Å². The molecule has 1 saturated heterocycles. The Hall–Kier alpha value is -3.23. The first-order chi connectivity index (χ1) is 14.0. The number of benzene rings is 2. The first-order valence-corrected chi connectivity index (χ1v) is 9.47. The largest absolute Gasteiger partial charge is 0.385 e. The van der Waals surface area contributed by atoms with Gasteiger partial charge in [0.2, 0.25) is 0 Å². The average Bonchev–Trinajstić information content (AvgIpc) is 3.18. The molecule has 8 nitrogen and oxygen atoms in total. The number of aromatic nitrogens is 2. The first kappa shape index (κ1) is 19.1. The SMILES string of the molecule is CC(O)c1nc2ccc(NC(=O)c3ccc(C(=O)N4CCOCC4)cc3)cc2[nH]1. The van der Waals surface area contributed by atoms with Gasteiger partial charge in [0.15, 0.2) is 0 Å². The number of anilines is 1. The molecular weight excluding hydrogens is 372 g/mol. The van der Waals surface area contributed by atoms with Crippen LogP contribution in [-0.2, 0) is 4.74 Å². The number of carbonyl (C=O) groups excluding carboxylic acids is 2. The summed E-state index contributed by atoms with van der Waals surface area (Å²) in [5.41, 5.74) is 3.05. The summed E-state index contributed by atoms with van der Waals surface area (Å²) in [4.78, 5) is 34.1. The smallest absolute Gasteiger partial charge is 0.255 e. The Morgan fingerprint density at radius 2 is 1.83 bits per heavy atom. The molecule has 0 spiro atoms. The molecule has 8 heteroatoms. The molecule has 29 heavy (non-hydrogen) atoms. The minimum atomic E-state index is -0.695. The summed E-state index contributed by atoms with van der Waals surface area (Å²) in [6, 6.07) is 11.9. The second-order valence-corrected chi connectivity index (χ2v) is 6.97. The van der Waals surface area contributed by atoms with Gasteiger partial charge in [0, 0.05) is 29.9 Å². The maximum absolute atomic E-state index is 12.6. The number of aliphatic hydroxyl groups excluding tert-OH is 1. The van der Waals surface area contributed by atoms with Crippen molar-refractivity contribution in [2.75, 3.05) is 31.6 Å². The maximum atomic E-state index is 12.6. The molecule has 2 aromatic carbocycles. The quantitative estimate of drug-likeness (QED) is 0.630. The number of aromatic amines is 1. The topological polar surface area (TPSA) is 108 Å². The summed E-state index contributed by atoms with van der Waals surface area (Å²) in [5.74, 6) is 0.146. The van der Waals surface area contributed by atoms with Gasteiger partial charge in [0.1, 0.15) is 11.9 Å². The fraction of sp³-hybridized carbons (Fsp3) is 0.286. The van der Waals surface area contributed by atoms with Crippen molar-refractivity contribution >= 4 is 28.5 Å². The van der Waals surface area contributed by atoms with E-state index < -0.39 is 6.10 Å².